The van der Waals surface area contributed by atoms with Gasteiger partial charge in [-0.25, -0.2) is 0 Å². The first kappa shape index (κ1) is 22.6. The predicted molar refractivity (Wildman–Crippen MR) is 141 cm³/mol. The number of aromatic nitrogens is 6. The van der Waals surface area contributed by atoms with E-state index in [1.807, 2.05) is 36.4 Å². The minimum Gasteiger partial charge on any atom is -0.493 e. The van der Waals surface area contributed by atoms with Crippen LogP contribution in [-0.4, -0.2) is 69.3 Å². The first-order valence-electron chi connectivity index (χ1n) is 13.7. The molecule has 4 heterocycles. The average Bonchev–Trinajstić information content (AvgIpc) is 3.77. The number of fused-ring (bicyclic) bond motifs is 1. The molecule has 2 fully saturated rings. The average molecular weight is 538 g/mol. The zero-order valence-electron chi connectivity index (χ0n) is 22.1. The number of nitrogens with zero attached hydrogens (tertiary/aromatic N) is 6. The van der Waals surface area contributed by atoms with Crippen LogP contribution in [-0.2, 0) is 16.6 Å². The summed E-state index contributed by atoms with van der Waals surface area (Å²) in [7, 11) is 3.47. The number of rotatable bonds is 5. The molecule has 0 amide bonds. The van der Waals surface area contributed by atoms with Crippen molar-refractivity contribution in [3.63, 3.8) is 0 Å². The highest BCUT2D eigenvalue weighted by molar-refractivity contribution is 5.67. The van der Waals surface area contributed by atoms with Crippen LogP contribution in [0.1, 0.15) is 35.8 Å². The lowest BCUT2D eigenvalue weighted by Crippen LogP contribution is -2.79. The van der Waals surface area contributed by atoms with Gasteiger partial charge in [-0.3, -0.25) is 0 Å². The van der Waals surface area contributed by atoms with E-state index in [0.29, 0.717) is 17.7 Å². The van der Waals surface area contributed by atoms with Gasteiger partial charge in [0.25, 0.3) is 5.95 Å². The smallest absolute Gasteiger partial charge is 0.266 e. The molecule has 11 heteroatoms. The zero-order valence-corrected chi connectivity index (χ0v) is 22.1. The Morgan fingerprint density at radius 1 is 1.05 bits per heavy atom. The molecule has 2 aromatic carbocycles. The van der Waals surface area contributed by atoms with Crippen molar-refractivity contribution >= 4 is 5.95 Å². The molecule has 6 atom stereocenters. The molecule has 202 valence electrons. The molecular formula is C29H27N7O4. The fraction of sp³-hybridized carbons (Fsp3) is 0.414. The van der Waals surface area contributed by atoms with Crippen molar-refractivity contribution in [1.82, 2.24) is 30.8 Å². The Bertz CT molecular complexity index is 1670. The van der Waals surface area contributed by atoms with E-state index in [9.17, 15) is 0 Å². The van der Waals surface area contributed by atoms with E-state index in [1.165, 1.54) is 11.1 Å². The van der Waals surface area contributed by atoms with Crippen molar-refractivity contribution in [1.29, 1.82) is 0 Å². The summed E-state index contributed by atoms with van der Waals surface area (Å²) in [4.78, 5) is 2.31. The molecule has 0 radical (unpaired) electrons. The summed E-state index contributed by atoms with van der Waals surface area (Å²) in [5.74, 6) is 3.03. The highest BCUT2D eigenvalue weighted by Gasteiger charge is 2.80. The number of aromatic amines is 1. The van der Waals surface area contributed by atoms with Crippen LogP contribution in [0.2, 0.25) is 0 Å². The molecular weight excluding hydrogens is 510 g/mol. The third kappa shape index (κ3) is 2.40. The quantitative estimate of drug-likeness (QED) is 0.380. The number of H-pyrrole nitrogens is 1. The van der Waals surface area contributed by atoms with Crippen molar-refractivity contribution in [2.24, 2.45) is 5.41 Å². The third-order valence-corrected chi connectivity index (χ3v) is 10.4. The highest BCUT2D eigenvalue weighted by Crippen LogP contribution is 2.75. The lowest BCUT2D eigenvalue weighted by atomic mass is 9.37. The summed E-state index contributed by atoms with van der Waals surface area (Å²) in [5, 5.41) is 24.4. The molecule has 1 saturated heterocycles. The Hall–Kier alpha value is -4.25. The van der Waals surface area contributed by atoms with Gasteiger partial charge >= 0.3 is 0 Å². The number of tetrazole rings is 1. The van der Waals surface area contributed by atoms with E-state index in [0.717, 1.165) is 42.9 Å². The second kappa shape index (κ2) is 7.48. The second-order valence-electron chi connectivity index (χ2n) is 11.5. The van der Waals surface area contributed by atoms with Crippen LogP contribution < -0.4 is 14.4 Å². The molecule has 40 heavy (non-hydrogen) atoms. The normalized spacial score (nSPS) is 34.0. The molecule has 4 aromatic rings. The Labute approximate surface area is 229 Å². The van der Waals surface area contributed by atoms with Crippen molar-refractivity contribution in [3.8, 4) is 23.0 Å². The second-order valence-corrected chi connectivity index (χ2v) is 11.5. The monoisotopic (exact) mass is 537 g/mol. The van der Waals surface area contributed by atoms with Gasteiger partial charge in [-0.15, -0.1) is 15.3 Å². The van der Waals surface area contributed by atoms with Crippen LogP contribution >= 0.6 is 0 Å². The first-order valence-corrected chi connectivity index (χ1v) is 13.7. The van der Waals surface area contributed by atoms with Crippen molar-refractivity contribution in [2.75, 3.05) is 25.7 Å². The van der Waals surface area contributed by atoms with E-state index in [-0.39, 0.29) is 28.9 Å². The number of hydrogen-bond acceptors (Lipinski definition) is 10. The Kier molecular flexibility index (Phi) is 4.22. The van der Waals surface area contributed by atoms with Gasteiger partial charge in [-0.05, 0) is 48.2 Å². The maximum Gasteiger partial charge on any atom is 0.266 e. The van der Waals surface area contributed by atoms with Crippen molar-refractivity contribution in [2.45, 2.75) is 48.3 Å². The molecule has 2 spiro atoms. The maximum absolute atomic E-state index is 7.03. The van der Waals surface area contributed by atoms with Gasteiger partial charge in [0.2, 0.25) is 11.8 Å². The lowest BCUT2D eigenvalue weighted by molar-refractivity contribution is -0.181. The first-order chi connectivity index (χ1) is 19.6. The van der Waals surface area contributed by atoms with Gasteiger partial charge in [0.05, 0.1) is 18.4 Å². The molecule has 10 rings (SSSR count). The molecule has 2 aliphatic heterocycles. The number of anilines is 1. The highest BCUT2D eigenvalue weighted by atomic mass is 16.6. The molecule has 1 N–H and O–H groups in total. The SMILES string of the molecule is COc1ccc2c3c1O[C@@H]1[C@@]4(OC)C=C[C@@]5(C[C@H]4c4nnc(-c6ccccc6)o4)[C@@H](C2)N(c2nn[nH]n2)CC[C@]315. The number of nitrogens with one attached hydrogen (secondary N) is 1. The minimum atomic E-state index is -0.806. The summed E-state index contributed by atoms with van der Waals surface area (Å²) in [6.07, 6.45) is 6.69. The van der Waals surface area contributed by atoms with Gasteiger partial charge in [-0.2, -0.15) is 5.21 Å². The molecule has 1 saturated carbocycles. The van der Waals surface area contributed by atoms with Gasteiger partial charge < -0.3 is 23.5 Å². The van der Waals surface area contributed by atoms with E-state index in [1.54, 1.807) is 14.2 Å². The van der Waals surface area contributed by atoms with E-state index in [2.05, 4.69) is 53.9 Å². The summed E-state index contributed by atoms with van der Waals surface area (Å²) in [6.45, 7) is 0.777. The number of hydrogen-bond donors (Lipinski definition) is 1. The summed E-state index contributed by atoms with van der Waals surface area (Å²) >= 11 is 0. The molecule has 0 unspecified atom stereocenters. The summed E-state index contributed by atoms with van der Waals surface area (Å²) < 4.78 is 25.8. The molecule has 4 aliphatic carbocycles. The molecule has 4 bridgehead atoms. The van der Waals surface area contributed by atoms with E-state index >= 15 is 0 Å². The number of piperidine rings is 1. The Morgan fingerprint density at radius 3 is 2.75 bits per heavy atom. The van der Waals surface area contributed by atoms with Gasteiger partial charge in [0.15, 0.2) is 11.5 Å². The zero-order chi connectivity index (χ0) is 26.7. The lowest BCUT2D eigenvalue weighted by Gasteiger charge is -2.70. The fourth-order valence-electron chi connectivity index (χ4n) is 8.86. The standard InChI is InChI=1S/C29H27N7O4/c1-37-19-9-8-17-14-20-27-10-11-29(38-2,18(15-27)24-31-30-23(40-24)16-6-4-3-5-7-16)25-28(27,21(17)22(19)39-25)12-13-36(20)26-32-34-35-33-26/h3-11,18,20,25H,12-15H2,1-2H3,(H,32,33,34,35)/t18-,20+,25-,27+,28-,29+/m0/s1. The van der Waals surface area contributed by atoms with Crippen LogP contribution in [0.15, 0.2) is 59.0 Å². The Morgan fingerprint density at radius 2 is 1.95 bits per heavy atom. The maximum atomic E-state index is 7.03. The molecule has 2 aromatic heterocycles. The largest absolute Gasteiger partial charge is 0.493 e. The van der Waals surface area contributed by atoms with E-state index < -0.39 is 5.60 Å². The van der Waals surface area contributed by atoms with Gasteiger partial charge in [0.1, 0.15) is 11.7 Å². The summed E-state index contributed by atoms with van der Waals surface area (Å²) in [6, 6.07) is 14.1. The van der Waals surface area contributed by atoms with Crippen LogP contribution in [0.5, 0.6) is 11.5 Å². The van der Waals surface area contributed by atoms with Gasteiger partial charge in [0, 0.05) is 36.2 Å². The van der Waals surface area contributed by atoms with Crippen molar-refractivity contribution in [3.05, 3.63) is 71.6 Å². The minimum absolute atomic E-state index is 0.0715. The van der Waals surface area contributed by atoms with Crippen LogP contribution in [0.25, 0.3) is 11.5 Å². The molecule has 6 aliphatic rings. The fourth-order valence-corrected chi connectivity index (χ4v) is 8.86. The van der Waals surface area contributed by atoms with Gasteiger partial charge in [-0.1, -0.05) is 41.5 Å². The summed E-state index contributed by atoms with van der Waals surface area (Å²) in [5.41, 5.74) is 1.97. The topological polar surface area (TPSA) is 124 Å². The number of ether oxygens (including phenoxy) is 3. The molecule has 11 nitrogen and oxygen atoms in total. The third-order valence-electron chi connectivity index (χ3n) is 10.4. The Balaban J connectivity index is 1.27. The van der Waals surface area contributed by atoms with Crippen LogP contribution in [0, 0.1) is 5.41 Å². The number of methoxy groups -OCH3 is 2. The van der Waals surface area contributed by atoms with Crippen LogP contribution in [0.4, 0.5) is 5.95 Å². The van der Waals surface area contributed by atoms with Crippen molar-refractivity contribution < 1.29 is 18.6 Å². The number of benzene rings is 2. The predicted octanol–water partition coefficient (Wildman–Crippen LogP) is 3.22. The van der Waals surface area contributed by atoms with Crippen LogP contribution in [0.3, 0.4) is 0 Å². The van der Waals surface area contributed by atoms with E-state index in [4.69, 9.17) is 18.6 Å².